The molecule has 98 heavy (non-hydrogen) atoms. The van der Waals surface area contributed by atoms with E-state index < -0.39 is 12.1 Å². The molecule has 2 unspecified atom stereocenters. The predicted molar refractivity (Wildman–Crippen MR) is 435 cm³/mol. The standard InChI is InChI=1S/C92H183NO5/c1-3-5-7-9-11-13-15-17-19-21-22-23-24-40-43-46-49-53-56-60-64-68-72-76-80-84-90(95)89(88-94)93-91(96)85-81-77-73-69-65-61-57-54-50-47-44-41-38-36-34-32-30-28-26-25-27-29-31-33-35-37-39-42-45-48-51-55-59-63-67-71-75-79-83-87-98-92(97)86-82-78-74-70-66-62-58-52-20-18-16-14-12-10-8-6-4-2/h89-90,94-95H,3-88H2,1-2H3,(H,93,96). The summed E-state index contributed by atoms with van der Waals surface area (Å²) in [4.78, 5) is 24.7. The van der Waals surface area contributed by atoms with E-state index in [0.29, 0.717) is 25.9 Å². The number of nitrogens with one attached hydrogen (secondary N) is 1. The van der Waals surface area contributed by atoms with Crippen molar-refractivity contribution in [2.24, 2.45) is 0 Å². The fourth-order valence-electron chi connectivity index (χ4n) is 15.4. The zero-order valence-corrected chi connectivity index (χ0v) is 67.6. The quantitative estimate of drug-likeness (QED) is 0.0417. The SMILES string of the molecule is CCCCCCCCCCCCCCCCCCCCCCCCCCCC(O)C(CO)NC(=O)CCCCCCCCCCCCCCCCCCCCCCCCCCCCCCCCCCCCCCCCCOC(=O)CCCCCCCCCCCCCCCCCCC. The Morgan fingerprint density at radius 1 is 0.245 bits per heavy atom. The fraction of sp³-hybridized carbons (Fsp3) is 0.978. The van der Waals surface area contributed by atoms with Gasteiger partial charge in [-0.1, -0.05) is 515 Å². The van der Waals surface area contributed by atoms with Gasteiger partial charge in [0.15, 0.2) is 0 Å². The van der Waals surface area contributed by atoms with Crippen molar-refractivity contribution in [3.05, 3.63) is 0 Å². The van der Waals surface area contributed by atoms with Gasteiger partial charge in [-0.3, -0.25) is 9.59 Å². The number of unbranched alkanes of at least 4 members (excludes halogenated alkanes) is 78. The van der Waals surface area contributed by atoms with Crippen molar-refractivity contribution in [2.75, 3.05) is 13.2 Å². The third-order valence-electron chi connectivity index (χ3n) is 22.4. The van der Waals surface area contributed by atoms with Gasteiger partial charge in [0.05, 0.1) is 25.4 Å². The van der Waals surface area contributed by atoms with Gasteiger partial charge >= 0.3 is 5.97 Å². The number of esters is 1. The highest BCUT2D eigenvalue weighted by molar-refractivity contribution is 5.76. The Balaban J connectivity index is 3.29. The minimum atomic E-state index is -0.661. The maximum absolute atomic E-state index is 12.6. The molecule has 3 N–H and O–H groups in total. The Hall–Kier alpha value is -1.14. The summed E-state index contributed by atoms with van der Waals surface area (Å²) in [6, 6.07) is -0.538. The molecular weight excluding hydrogens is 1200 g/mol. The molecule has 0 fully saturated rings. The first kappa shape index (κ1) is 96.9. The Morgan fingerprint density at radius 2 is 0.418 bits per heavy atom. The number of ether oxygens (including phenoxy) is 1. The zero-order chi connectivity index (χ0) is 70.5. The van der Waals surface area contributed by atoms with Crippen LogP contribution in [0.25, 0.3) is 0 Å². The molecule has 0 radical (unpaired) electrons. The van der Waals surface area contributed by atoms with Crippen LogP contribution in [0.15, 0.2) is 0 Å². The third kappa shape index (κ3) is 83.8. The Labute approximate surface area is 617 Å². The third-order valence-corrected chi connectivity index (χ3v) is 22.4. The summed E-state index contributed by atoms with van der Waals surface area (Å²) in [7, 11) is 0. The van der Waals surface area contributed by atoms with E-state index in [4.69, 9.17) is 4.74 Å². The average Bonchev–Trinajstić information content (AvgIpc) is 1.57. The number of hydrogen-bond donors (Lipinski definition) is 3. The monoisotopic (exact) mass is 1380 g/mol. The molecule has 0 saturated heterocycles. The second kappa shape index (κ2) is 88.3. The van der Waals surface area contributed by atoms with Gasteiger partial charge in [-0.2, -0.15) is 0 Å². The molecule has 0 rings (SSSR count). The van der Waals surface area contributed by atoms with Crippen molar-refractivity contribution < 1.29 is 24.5 Å². The van der Waals surface area contributed by atoms with Crippen LogP contribution in [-0.4, -0.2) is 47.4 Å². The molecule has 0 spiro atoms. The summed E-state index contributed by atoms with van der Waals surface area (Å²) < 4.78 is 5.52. The molecule has 0 aromatic carbocycles. The van der Waals surface area contributed by atoms with E-state index in [-0.39, 0.29) is 18.5 Å². The van der Waals surface area contributed by atoms with Crippen molar-refractivity contribution in [3.8, 4) is 0 Å². The van der Waals surface area contributed by atoms with Gasteiger partial charge in [-0.05, 0) is 25.7 Å². The highest BCUT2D eigenvalue weighted by Crippen LogP contribution is 2.22. The van der Waals surface area contributed by atoms with Crippen molar-refractivity contribution in [3.63, 3.8) is 0 Å². The van der Waals surface area contributed by atoms with Crippen LogP contribution >= 0.6 is 0 Å². The number of aliphatic hydroxyl groups is 2. The molecule has 0 bridgehead atoms. The summed E-state index contributed by atoms with van der Waals surface area (Å²) in [6.45, 7) is 5.04. The van der Waals surface area contributed by atoms with Crippen LogP contribution in [0.1, 0.15) is 553 Å². The maximum Gasteiger partial charge on any atom is 0.305 e. The average molecular weight is 1380 g/mol. The molecule has 1 amide bonds. The summed E-state index contributed by atoms with van der Waals surface area (Å²) in [5, 5.41) is 23.5. The first-order chi connectivity index (χ1) is 48.5. The van der Waals surface area contributed by atoms with Crippen molar-refractivity contribution >= 4 is 11.9 Å². The highest BCUT2D eigenvalue weighted by Gasteiger charge is 2.20. The van der Waals surface area contributed by atoms with Crippen LogP contribution in [0.4, 0.5) is 0 Å². The smallest absolute Gasteiger partial charge is 0.305 e. The van der Waals surface area contributed by atoms with Crippen LogP contribution in [0, 0.1) is 0 Å². The van der Waals surface area contributed by atoms with E-state index in [9.17, 15) is 19.8 Å². The molecule has 0 heterocycles. The molecule has 6 heteroatoms. The molecule has 2 atom stereocenters. The molecule has 0 saturated carbocycles. The largest absolute Gasteiger partial charge is 0.466 e. The topological polar surface area (TPSA) is 95.9 Å². The highest BCUT2D eigenvalue weighted by atomic mass is 16.5. The normalized spacial score (nSPS) is 12.3. The van der Waals surface area contributed by atoms with Gasteiger partial charge in [-0.15, -0.1) is 0 Å². The molecule has 6 nitrogen and oxygen atoms in total. The van der Waals surface area contributed by atoms with E-state index in [0.717, 1.165) is 38.5 Å². The first-order valence-electron chi connectivity index (χ1n) is 46.3. The van der Waals surface area contributed by atoms with Crippen molar-refractivity contribution in [1.29, 1.82) is 0 Å². The van der Waals surface area contributed by atoms with Crippen LogP contribution in [-0.2, 0) is 14.3 Å². The molecular formula is C92H183NO5. The summed E-state index contributed by atoms with van der Waals surface area (Å²) in [6.07, 6.45) is 113. The van der Waals surface area contributed by atoms with E-state index in [1.54, 1.807) is 0 Å². The lowest BCUT2D eigenvalue weighted by Gasteiger charge is -2.22. The Kier molecular flexibility index (Phi) is 87.2. The van der Waals surface area contributed by atoms with Gasteiger partial charge in [0.1, 0.15) is 0 Å². The van der Waals surface area contributed by atoms with Gasteiger partial charge in [0, 0.05) is 12.8 Å². The van der Waals surface area contributed by atoms with E-state index in [1.807, 2.05) is 0 Å². The van der Waals surface area contributed by atoms with Crippen LogP contribution < -0.4 is 5.32 Å². The number of carbonyl (C=O) groups excluding carboxylic acids is 2. The zero-order valence-electron chi connectivity index (χ0n) is 67.6. The lowest BCUT2D eigenvalue weighted by atomic mass is 10.0. The summed E-state index contributed by atoms with van der Waals surface area (Å²) in [5.74, 6) is 0.00849. The van der Waals surface area contributed by atoms with Crippen LogP contribution in [0.2, 0.25) is 0 Å². The lowest BCUT2D eigenvalue weighted by molar-refractivity contribution is -0.143. The van der Waals surface area contributed by atoms with E-state index in [1.165, 1.54) is 482 Å². The molecule has 586 valence electrons. The van der Waals surface area contributed by atoms with E-state index in [2.05, 4.69) is 19.2 Å². The minimum absolute atomic E-state index is 0.0214. The van der Waals surface area contributed by atoms with Crippen molar-refractivity contribution in [1.82, 2.24) is 5.32 Å². The number of rotatable bonds is 89. The number of amides is 1. The first-order valence-corrected chi connectivity index (χ1v) is 46.3. The molecule has 0 aliphatic carbocycles. The van der Waals surface area contributed by atoms with Crippen molar-refractivity contribution in [2.45, 2.75) is 565 Å². The number of hydrogen-bond acceptors (Lipinski definition) is 5. The molecule has 0 aliphatic heterocycles. The van der Waals surface area contributed by atoms with Gasteiger partial charge in [0.25, 0.3) is 0 Å². The van der Waals surface area contributed by atoms with Gasteiger partial charge in [0.2, 0.25) is 5.91 Å². The molecule has 0 aliphatic rings. The maximum atomic E-state index is 12.6. The molecule has 0 aromatic heterocycles. The molecule has 0 aromatic rings. The summed E-state index contributed by atoms with van der Waals surface area (Å²) >= 11 is 0. The van der Waals surface area contributed by atoms with E-state index >= 15 is 0 Å². The van der Waals surface area contributed by atoms with Gasteiger partial charge in [-0.25, -0.2) is 0 Å². The second-order valence-corrected chi connectivity index (χ2v) is 32.4. The minimum Gasteiger partial charge on any atom is -0.466 e. The van der Waals surface area contributed by atoms with Crippen LogP contribution in [0.5, 0.6) is 0 Å². The second-order valence-electron chi connectivity index (χ2n) is 32.4. The predicted octanol–water partition coefficient (Wildman–Crippen LogP) is 31.2. The Morgan fingerprint density at radius 3 is 0.622 bits per heavy atom. The Bertz CT molecular complexity index is 1450. The lowest BCUT2D eigenvalue weighted by Crippen LogP contribution is -2.45. The van der Waals surface area contributed by atoms with Gasteiger partial charge < -0.3 is 20.3 Å². The summed E-state index contributed by atoms with van der Waals surface area (Å²) in [5.41, 5.74) is 0. The van der Waals surface area contributed by atoms with Crippen LogP contribution in [0.3, 0.4) is 0 Å². The fourth-order valence-corrected chi connectivity index (χ4v) is 15.4. The number of carbonyl (C=O) groups is 2. The number of aliphatic hydroxyl groups excluding tert-OH is 2.